The predicted octanol–water partition coefficient (Wildman–Crippen LogP) is 0.832. The van der Waals surface area contributed by atoms with Crippen molar-refractivity contribution in [1.82, 2.24) is 20.4 Å². The number of rotatable bonds is 4. The second kappa shape index (κ2) is 6.31. The number of hydrogen-bond acceptors (Lipinski definition) is 5. The first kappa shape index (κ1) is 14.7. The maximum absolute atomic E-state index is 12.0. The van der Waals surface area contributed by atoms with Gasteiger partial charge in [0.25, 0.3) is 0 Å². The molecule has 0 atom stereocenters. The highest BCUT2D eigenvalue weighted by atomic mass is 16.5. The molecule has 1 aliphatic carbocycles. The lowest BCUT2D eigenvalue weighted by Gasteiger charge is -2.40. The minimum Gasteiger partial charge on any atom is -0.378 e. The van der Waals surface area contributed by atoms with Crippen molar-refractivity contribution in [3.05, 3.63) is 17.8 Å². The molecule has 7 nitrogen and oxygen atoms in total. The molecule has 1 aromatic heterocycles. The van der Waals surface area contributed by atoms with Crippen LogP contribution in [0.5, 0.6) is 0 Å². The third-order valence-electron chi connectivity index (χ3n) is 4.79. The Morgan fingerprint density at radius 1 is 1.22 bits per heavy atom. The smallest absolute Gasteiger partial charge is 0.317 e. The molecule has 3 fully saturated rings. The van der Waals surface area contributed by atoms with Gasteiger partial charge in [0, 0.05) is 44.6 Å². The summed E-state index contributed by atoms with van der Waals surface area (Å²) >= 11 is 0. The highest BCUT2D eigenvalue weighted by Crippen LogP contribution is 2.38. The fraction of sp³-hybridized carbons (Fsp3) is 0.688. The van der Waals surface area contributed by atoms with Crippen molar-refractivity contribution >= 4 is 11.8 Å². The SMILES string of the molecule is O=C(NCC1CN(c2ccc(C3CC3)nn2)C1)N1CCOCC1. The van der Waals surface area contributed by atoms with Crippen molar-refractivity contribution in [2.75, 3.05) is 50.8 Å². The summed E-state index contributed by atoms with van der Waals surface area (Å²) in [4.78, 5) is 16.1. The molecule has 4 rings (SSSR count). The van der Waals surface area contributed by atoms with Crippen LogP contribution in [0.3, 0.4) is 0 Å². The van der Waals surface area contributed by atoms with Crippen molar-refractivity contribution in [3.8, 4) is 0 Å². The Kier molecular flexibility index (Phi) is 4.03. The zero-order valence-corrected chi connectivity index (χ0v) is 13.3. The van der Waals surface area contributed by atoms with Crippen LogP contribution in [0.1, 0.15) is 24.5 Å². The van der Waals surface area contributed by atoms with Gasteiger partial charge >= 0.3 is 6.03 Å². The van der Waals surface area contributed by atoms with Gasteiger partial charge in [0.05, 0.1) is 18.9 Å². The van der Waals surface area contributed by atoms with E-state index in [0.717, 1.165) is 31.1 Å². The number of nitrogens with zero attached hydrogens (tertiary/aromatic N) is 4. The summed E-state index contributed by atoms with van der Waals surface area (Å²) in [6.45, 7) is 5.24. The second-order valence-electron chi connectivity index (χ2n) is 6.65. The van der Waals surface area contributed by atoms with Gasteiger partial charge in [0.1, 0.15) is 0 Å². The van der Waals surface area contributed by atoms with E-state index in [4.69, 9.17) is 4.74 Å². The van der Waals surface area contributed by atoms with Crippen LogP contribution in [-0.2, 0) is 4.74 Å². The number of urea groups is 1. The van der Waals surface area contributed by atoms with Crippen molar-refractivity contribution in [1.29, 1.82) is 0 Å². The predicted molar refractivity (Wildman–Crippen MR) is 85.5 cm³/mol. The number of carbonyl (C=O) groups is 1. The Morgan fingerprint density at radius 3 is 2.65 bits per heavy atom. The van der Waals surface area contributed by atoms with Gasteiger partial charge in [0.2, 0.25) is 0 Å². The van der Waals surface area contributed by atoms with Gasteiger partial charge in [-0.15, -0.1) is 5.10 Å². The van der Waals surface area contributed by atoms with Crippen LogP contribution >= 0.6 is 0 Å². The molecule has 0 unspecified atom stereocenters. The number of ether oxygens (including phenoxy) is 1. The first-order valence-electron chi connectivity index (χ1n) is 8.48. The van der Waals surface area contributed by atoms with E-state index in [9.17, 15) is 4.79 Å². The molecule has 2 saturated heterocycles. The molecule has 3 heterocycles. The second-order valence-corrected chi connectivity index (χ2v) is 6.65. The van der Waals surface area contributed by atoms with E-state index in [0.29, 0.717) is 38.1 Å². The fourth-order valence-corrected chi connectivity index (χ4v) is 3.10. The highest BCUT2D eigenvalue weighted by molar-refractivity contribution is 5.74. The van der Waals surface area contributed by atoms with Gasteiger partial charge in [-0.05, 0) is 25.0 Å². The van der Waals surface area contributed by atoms with Crippen molar-refractivity contribution in [2.24, 2.45) is 5.92 Å². The summed E-state index contributed by atoms with van der Waals surface area (Å²) in [5, 5.41) is 11.7. The molecule has 1 aromatic rings. The third-order valence-corrected chi connectivity index (χ3v) is 4.79. The van der Waals surface area contributed by atoms with E-state index in [-0.39, 0.29) is 6.03 Å². The van der Waals surface area contributed by atoms with Crippen molar-refractivity contribution < 1.29 is 9.53 Å². The number of hydrogen-bond donors (Lipinski definition) is 1. The summed E-state index contributed by atoms with van der Waals surface area (Å²) in [5.74, 6) is 2.09. The van der Waals surface area contributed by atoms with Crippen LogP contribution in [0.25, 0.3) is 0 Å². The zero-order valence-electron chi connectivity index (χ0n) is 13.3. The largest absolute Gasteiger partial charge is 0.378 e. The summed E-state index contributed by atoms with van der Waals surface area (Å²) in [6.07, 6.45) is 2.51. The molecule has 0 aromatic carbocycles. The summed E-state index contributed by atoms with van der Waals surface area (Å²) < 4.78 is 5.26. The first-order chi connectivity index (χ1) is 11.3. The maximum atomic E-state index is 12.0. The molecule has 0 spiro atoms. The standard InChI is InChI=1S/C16H23N5O2/c22-16(20-5-7-23-8-6-20)17-9-12-10-21(11-12)15-4-3-14(18-19-15)13-1-2-13/h3-4,12-13H,1-2,5-11H2,(H,17,22). The van der Waals surface area contributed by atoms with Gasteiger partial charge in [0.15, 0.2) is 5.82 Å². The number of aromatic nitrogens is 2. The van der Waals surface area contributed by atoms with E-state index in [1.165, 1.54) is 12.8 Å². The van der Waals surface area contributed by atoms with E-state index in [2.05, 4.69) is 32.5 Å². The lowest BCUT2D eigenvalue weighted by molar-refractivity contribution is 0.0529. The lowest BCUT2D eigenvalue weighted by Crippen LogP contribution is -2.54. The Morgan fingerprint density at radius 2 is 2.00 bits per heavy atom. The molecule has 23 heavy (non-hydrogen) atoms. The Hall–Kier alpha value is -1.89. The van der Waals surface area contributed by atoms with Gasteiger partial charge in [-0.25, -0.2) is 4.79 Å². The van der Waals surface area contributed by atoms with E-state index in [1.54, 1.807) is 0 Å². The normalized spacial score (nSPS) is 21.9. The molecule has 0 bridgehead atoms. The van der Waals surface area contributed by atoms with Crippen molar-refractivity contribution in [3.63, 3.8) is 0 Å². The molecule has 1 saturated carbocycles. The maximum Gasteiger partial charge on any atom is 0.317 e. The summed E-state index contributed by atoms with van der Waals surface area (Å²) in [6, 6.07) is 4.21. The molecule has 7 heteroatoms. The minimum atomic E-state index is 0.0281. The third kappa shape index (κ3) is 3.39. The fourth-order valence-electron chi connectivity index (χ4n) is 3.10. The molecule has 0 radical (unpaired) electrons. The van der Waals surface area contributed by atoms with Crippen LogP contribution < -0.4 is 10.2 Å². The lowest BCUT2D eigenvalue weighted by atomic mass is 10.0. The van der Waals surface area contributed by atoms with Crippen LogP contribution in [0.2, 0.25) is 0 Å². The zero-order chi connectivity index (χ0) is 15.6. The Labute approximate surface area is 136 Å². The minimum absolute atomic E-state index is 0.0281. The van der Waals surface area contributed by atoms with Crippen molar-refractivity contribution in [2.45, 2.75) is 18.8 Å². The molecular weight excluding hydrogens is 294 g/mol. The van der Waals surface area contributed by atoms with Gasteiger partial charge in [-0.3, -0.25) is 0 Å². The van der Waals surface area contributed by atoms with Crippen LogP contribution in [0.15, 0.2) is 12.1 Å². The average Bonchev–Trinajstić information content (AvgIpc) is 3.39. The molecule has 2 amide bonds. The number of amides is 2. The van der Waals surface area contributed by atoms with Gasteiger partial charge in [-0.2, -0.15) is 5.10 Å². The van der Waals surface area contributed by atoms with Gasteiger partial charge in [-0.1, -0.05) is 0 Å². The van der Waals surface area contributed by atoms with E-state index < -0.39 is 0 Å². The Bertz CT molecular complexity index is 548. The van der Waals surface area contributed by atoms with Crippen LogP contribution in [0, 0.1) is 5.92 Å². The Balaban J connectivity index is 1.19. The molecule has 124 valence electrons. The highest BCUT2D eigenvalue weighted by Gasteiger charge is 2.30. The number of morpholine rings is 1. The van der Waals surface area contributed by atoms with Gasteiger partial charge < -0.3 is 19.9 Å². The topological polar surface area (TPSA) is 70.6 Å². The molecule has 2 aliphatic heterocycles. The molecular formula is C16H23N5O2. The monoisotopic (exact) mass is 317 g/mol. The van der Waals surface area contributed by atoms with E-state index >= 15 is 0 Å². The van der Waals surface area contributed by atoms with Crippen LogP contribution in [0.4, 0.5) is 10.6 Å². The quantitative estimate of drug-likeness (QED) is 0.891. The van der Waals surface area contributed by atoms with Crippen LogP contribution in [-0.4, -0.2) is 67.1 Å². The number of carbonyl (C=O) groups excluding carboxylic acids is 1. The average molecular weight is 317 g/mol. The number of nitrogens with one attached hydrogen (secondary N) is 1. The summed E-state index contributed by atoms with van der Waals surface area (Å²) in [7, 11) is 0. The first-order valence-corrected chi connectivity index (χ1v) is 8.48. The number of anilines is 1. The molecule has 3 aliphatic rings. The molecule has 1 N–H and O–H groups in total. The summed E-state index contributed by atoms with van der Waals surface area (Å²) in [5.41, 5.74) is 1.13. The van der Waals surface area contributed by atoms with E-state index in [1.807, 2.05) is 4.90 Å².